The summed E-state index contributed by atoms with van der Waals surface area (Å²) in [7, 11) is 0. The maximum absolute atomic E-state index is 13.0. The van der Waals surface area contributed by atoms with Crippen molar-refractivity contribution in [2.45, 2.75) is 32.2 Å². The number of nitrogens with one attached hydrogen (secondary N) is 2. The van der Waals surface area contributed by atoms with E-state index in [9.17, 15) is 9.59 Å². The van der Waals surface area contributed by atoms with Crippen LogP contribution in [0.5, 0.6) is 0 Å². The largest absolute Gasteiger partial charge is 0.347 e. The number of hydrogen-bond donors (Lipinski definition) is 2. The smallest absolute Gasteiger partial charge is 0.256 e. The van der Waals surface area contributed by atoms with Crippen LogP contribution in [0, 0.1) is 0 Å². The van der Waals surface area contributed by atoms with E-state index in [-0.39, 0.29) is 11.8 Å². The standard InChI is InChI=1S/C21H20N2O2S2/c24-19(14-7-2-1-3-8-14)23-21-18(16-10-4-5-11-17(16)27-21)20(25)22-13-15-9-6-12-26-15/h1-3,6-9,12H,4-5,10-11,13H2,(H,22,25)(H,23,24). The van der Waals surface area contributed by atoms with Crippen molar-refractivity contribution in [1.29, 1.82) is 0 Å². The van der Waals surface area contributed by atoms with Crippen molar-refractivity contribution in [1.82, 2.24) is 5.32 Å². The minimum Gasteiger partial charge on any atom is -0.347 e. The SMILES string of the molecule is O=C(Nc1sc2c(c1C(=O)NCc1cccs1)CCCC2)c1ccccc1. The first-order valence-electron chi connectivity index (χ1n) is 9.04. The van der Waals surface area contributed by atoms with E-state index in [1.165, 1.54) is 4.88 Å². The molecule has 27 heavy (non-hydrogen) atoms. The van der Waals surface area contributed by atoms with E-state index in [1.54, 1.807) is 34.8 Å². The number of thiophene rings is 2. The Bertz CT molecular complexity index is 946. The highest BCUT2D eigenvalue weighted by molar-refractivity contribution is 7.17. The average molecular weight is 397 g/mol. The Morgan fingerprint density at radius 2 is 1.78 bits per heavy atom. The van der Waals surface area contributed by atoms with E-state index in [0.717, 1.165) is 36.1 Å². The molecular weight excluding hydrogens is 376 g/mol. The van der Waals surface area contributed by atoms with Gasteiger partial charge in [-0.05, 0) is 54.8 Å². The molecule has 1 aromatic carbocycles. The summed E-state index contributed by atoms with van der Waals surface area (Å²) in [4.78, 5) is 27.9. The predicted octanol–water partition coefficient (Wildman–Crippen LogP) is 4.87. The summed E-state index contributed by atoms with van der Waals surface area (Å²) in [6.45, 7) is 0.507. The molecule has 0 bridgehead atoms. The number of amides is 2. The van der Waals surface area contributed by atoms with Crippen molar-refractivity contribution in [3.05, 3.63) is 74.3 Å². The minimum absolute atomic E-state index is 0.105. The van der Waals surface area contributed by atoms with Gasteiger partial charge in [-0.25, -0.2) is 0 Å². The Labute approximate surface area is 166 Å². The Balaban J connectivity index is 1.59. The van der Waals surface area contributed by atoms with Crippen LogP contribution in [-0.2, 0) is 19.4 Å². The first-order chi connectivity index (χ1) is 13.2. The summed E-state index contributed by atoms with van der Waals surface area (Å²) >= 11 is 3.17. The van der Waals surface area contributed by atoms with Gasteiger partial charge in [0.1, 0.15) is 5.00 Å². The average Bonchev–Trinajstić information content (AvgIpc) is 3.34. The zero-order valence-electron chi connectivity index (χ0n) is 14.8. The fourth-order valence-electron chi connectivity index (χ4n) is 3.33. The second kappa shape index (κ2) is 8.06. The highest BCUT2D eigenvalue weighted by atomic mass is 32.1. The van der Waals surface area contributed by atoms with Crippen LogP contribution >= 0.6 is 22.7 Å². The van der Waals surface area contributed by atoms with Gasteiger partial charge in [0.15, 0.2) is 0 Å². The zero-order chi connectivity index (χ0) is 18.6. The van der Waals surface area contributed by atoms with E-state index in [0.29, 0.717) is 22.7 Å². The normalized spacial score (nSPS) is 13.0. The van der Waals surface area contributed by atoms with E-state index in [4.69, 9.17) is 0 Å². The van der Waals surface area contributed by atoms with Gasteiger partial charge in [0.2, 0.25) is 0 Å². The van der Waals surface area contributed by atoms with Crippen LogP contribution in [0.3, 0.4) is 0 Å². The van der Waals surface area contributed by atoms with Crippen LogP contribution in [0.1, 0.15) is 48.9 Å². The van der Waals surface area contributed by atoms with E-state index in [1.807, 2.05) is 35.7 Å². The topological polar surface area (TPSA) is 58.2 Å². The monoisotopic (exact) mass is 396 g/mol. The maximum atomic E-state index is 13.0. The van der Waals surface area contributed by atoms with Crippen molar-refractivity contribution < 1.29 is 9.59 Å². The number of hydrogen-bond acceptors (Lipinski definition) is 4. The first-order valence-corrected chi connectivity index (χ1v) is 10.7. The molecule has 0 spiro atoms. The van der Waals surface area contributed by atoms with Gasteiger partial charge in [0.05, 0.1) is 12.1 Å². The van der Waals surface area contributed by atoms with Gasteiger partial charge in [0.25, 0.3) is 11.8 Å². The van der Waals surface area contributed by atoms with Gasteiger partial charge in [-0.15, -0.1) is 22.7 Å². The fourth-order valence-corrected chi connectivity index (χ4v) is 5.25. The minimum atomic E-state index is -0.179. The second-order valence-corrected chi connectivity index (χ2v) is 8.63. The van der Waals surface area contributed by atoms with Crippen LogP contribution in [0.25, 0.3) is 0 Å². The molecule has 2 aromatic heterocycles. The number of anilines is 1. The third kappa shape index (κ3) is 3.96. The molecule has 0 unspecified atom stereocenters. The Hall–Kier alpha value is -2.44. The van der Waals surface area contributed by atoms with E-state index in [2.05, 4.69) is 10.6 Å². The molecule has 0 saturated carbocycles. The van der Waals surface area contributed by atoms with Gasteiger partial charge < -0.3 is 10.6 Å². The number of carbonyl (C=O) groups excluding carboxylic acids is 2. The molecule has 138 valence electrons. The lowest BCUT2D eigenvalue weighted by molar-refractivity contribution is 0.0951. The molecule has 2 amide bonds. The summed E-state index contributed by atoms with van der Waals surface area (Å²) in [6.07, 6.45) is 4.10. The summed E-state index contributed by atoms with van der Waals surface area (Å²) < 4.78 is 0. The van der Waals surface area contributed by atoms with Gasteiger partial charge in [0, 0.05) is 15.3 Å². The van der Waals surface area contributed by atoms with E-state index < -0.39 is 0 Å². The van der Waals surface area contributed by atoms with Crippen LogP contribution in [-0.4, -0.2) is 11.8 Å². The number of aryl methyl sites for hydroxylation is 1. The van der Waals surface area contributed by atoms with Crippen molar-refractivity contribution in [3.8, 4) is 0 Å². The molecule has 2 N–H and O–H groups in total. The second-order valence-electron chi connectivity index (χ2n) is 6.50. The van der Waals surface area contributed by atoms with Gasteiger partial charge in [-0.2, -0.15) is 0 Å². The molecule has 4 nitrogen and oxygen atoms in total. The lowest BCUT2D eigenvalue weighted by Crippen LogP contribution is -2.25. The van der Waals surface area contributed by atoms with Crippen LogP contribution in [0.2, 0.25) is 0 Å². The molecule has 6 heteroatoms. The third-order valence-corrected chi connectivity index (χ3v) is 6.75. The Morgan fingerprint density at radius 3 is 2.56 bits per heavy atom. The fraction of sp³-hybridized carbons (Fsp3) is 0.238. The van der Waals surface area contributed by atoms with Gasteiger partial charge >= 0.3 is 0 Å². The molecule has 4 rings (SSSR count). The summed E-state index contributed by atoms with van der Waals surface area (Å²) in [5.74, 6) is -0.285. The first kappa shape index (κ1) is 17.9. The van der Waals surface area contributed by atoms with Crippen LogP contribution in [0.15, 0.2) is 47.8 Å². The molecular formula is C21H20N2O2S2. The number of benzene rings is 1. The maximum Gasteiger partial charge on any atom is 0.256 e. The van der Waals surface area contributed by atoms with Gasteiger partial charge in [-0.1, -0.05) is 24.3 Å². The van der Waals surface area contributed by atoms with Crippen molar-refractivity contribution in [2.75, 3.05) is 5.32 Å². The summed E-state index contributed by atoms with van der Waals surface area (Å²) in [5, 5.41) is 8.66. The van der Waals surface area contributed by atoms with E-state index >= 15 is 0 Å². The summed E-state index contributed by atoms with van der Waals surface area (Å²) in [6, 6.07) is 13.1. The lowest BCUT2D eigenvalue weighted by Gasteiger charge is -2.13. The molecule has 0 aliphatic heterocycles. The molecule has 3 aromatic rings. The van der Waals surface area contributed by atoms with Crippen molar-refractivity contribution >= 4 is 39.5 Å². The lowest BCUT2D eigenvalue weighted by atomic mass is 9.95. The van der Waals surface area contributed by atoms with Crippen molar-refractivity contribution in [2.24, 2.45) is 0 Å². The molecule has 1 aliphatic carbocycles. The van der Waals surface area contributed by atoms with Gasteiger partial charge in [-0.3, -0.25) is 9.59 Å². The van der Waals surface area contributed by atoms with Crippen LogP contribution in [0.4, 0.5) is 5.00 Å². The van der Waals surface area contributed by atoms with Crippen molar-refractivity contribution in [3.63, 3.8) is 0 Å². The predicted molar refractivity (Wildman–Crippen MR) is 111 cm³/mol. The zero-order valence-corrected chi connectivity index (χ0v) is 16.4. The molecule has 2 heterocycles. The Kier molecular flexibility index (Phi) is 5.36. The molecule has 1 aliphatic rings. The Morgan fingerprint density at radius 1 is 0.963 bits per heavy atom. The van der Waals surface area contributed by atoms with Crippen LogP contribution < -0.4 is 10.6 Å². The summed E-state index contributed by atoms with van der Waals surface area (Å²) in [5.41, 5.74) is 2.35. The quantitative estimate of drug-likeness (QED) is 0.646. The number of carbonyl (C=O) groups is 2. The highest BCUT2D eigenvalue weighted by Gasteiger charge is 2.26. The molecule has 0 saturated heterocycles. The highest BCUT2D eigenvalue weighted by Crippen LogP contribution is 2.38. The molecule has 0 radical (unpaired) electrons. The number of fused-ring (bicyclic) bond motifs is 1. The third-order valence-electron chi connectivity index (χ3n) is 4.66. The number of rotatable bonds is 5. The molecule has 0 fully saturated rings. The molecule has 0 atom stereocenters.